The lowest BCUT2D eigenvalue weighted by Crippen LogP contribution is -2.23. The number of aryl methyl sites for hydroxylation is 1. The van der Waals surface area contributed by atoms with Gasteiger partial charge in [0, 0.05) is 19.6 Å². The molecule has 5 heteroatoms. The number of rotatable bonds is 4. The molecule has 1 aliphatic rings. The fourth-order valence-electron chi connectivity index (χ4n) is 1.71. The fourth-order valence-corrected chi connectivity index (χ4v) is 1.71. The van der Waals surface area contributed by atoms with Crippen molar-refractivity contribution in [3.05, 3.63) is 17.5 Å². The van der Waals surface area contributed by atoms with E-state index in [0.717, 1.165) is 5.69 Å². The van der Waals surface area contributed by atoms with Crippen LogP contribution in [0, 0.1) is 0 Å². The van der Waals surface area contributed by atoms with Crippen LogP contribution in [0.2, 0.25) is 0 Å². The van der Waals surface area contributed by atoms with Crippen molar-refractivity contribution in [2.75, 3.05) is 7.05 Å². The normalized spacial score (nSPS) is 15.9. The Morgan fingerprint density at radius 2 is 2.40 bits per heavy atom. The largest absolute Gasteiger partial charge is 0.478 e. The van der Waals surface area contributed by atoms with E-state index in [-0.39, 0.29) is 0 Å². The van der Waals surface area contributed by atoms with Gasteiger partial charge in [0.2, 0.25) is 0 Å². The van der Waals surface area contributed by atoms with Crippen molar-refractivity contribution in [3.63, 3.8) is 0 Å². The third kappa shape index (κ3) is 2.02. The van der Waals surface area contributed by atoms with Gasteiger partial charge in [-0.05, 0) is 19.9 Å². The summed E-state index contributed by atoms with van der Waals surface area (Å²) >= 11 is 0. The monoisotopic (exact) mass is 209 g/mol. The minimum absolute atomic E-state index is 0.310. The van der Waals surface area contributed by atoms with Gasteiger partial charge in [-0.15, -0.1) is 0 Å². The molecule has 1 heterocycles. The van der Waals surface area contributed by atoms with E-state index in [1.165, 1.54) is 19.0 Å². The molecule has 2 rings (SSSR count). The van der Waals surface area contributed by atoms with E-state index >= 15 is 0 Å². The summed E-state index contributed by atoms with van der Waals surface area (Å²) in [6.45, 7) is 0.656. The molecule has 1 aromatic rings. The summed E-state index contributed by atoms with van der Waals surface area (Å²) in [7, 11) is 3.80. The van der Waals surface area contributed by atoms with Crippen molar-refractivity contribution in [3.8, 4) is 0 Å². The van der Waals surface area contributed by atoms with Crippen molar-refractivity contribution in [1.82, 2.24) is 14.7 Å². The van der Waals surface area contributed by atoms with Crippen LogP contribution in [0.15, 0.2) is 6.20 Å². The summed E-state index contributed by atoms with van der Waals surface area (Å²) in [5, 5.41) is 13.0. The van der Waals surface area contributed by atoms with Gasteiger partial charge in [-0.2, -0.15) is 5.10 Å². The first-order valence-corrected chi connectivity index (χ1v) is 5.04. The Hall–Kier alpha value is -1.36. The second-order valence-electron chi connectivity index (χ2n) is 4.08. The molecule has 0 unspecified atom stereocenters. The predicted molar refractivity (Wildman–Crippen MR) is 54.7 cm³/mol. The van der Waals surface area contributed by atoms with E-state index in [9.17, 15) is 4.79 Å². The zero-order valence-electron chi connectivity index (χ0n) is 8.97. The molecule has 0 atom stereocenters. The van der Waals surface area contributed by atoms with E-state index in [2.05, 4.69) is 10.00 Å². The van der Waals surface area contributed by atoms with E-state index < -0.39 is 5.97 Å². The second-order valence-corrected chi connectivity index (χ2v) is 4.08. The lowest BCUT2D eigenvalue weighted by atomic mass is 10.2. The molecule has 0 radical (unpaired) electrons. The molecule has 5 nitrogen and oxygen atoms in total. The molecule has 0 amide bonds. The number of aromatic nitrogens is 2. The highest BCUT2D eigenvalue weighted by molar-refractivity contribution is 5.88. The third-order valence-electron chi connectivity index (χ3n) is 2.86. The number of carboxylic acid groups (broad SMARTS) is 1. The van der Waals surface area contributed by atoms with Crippen LogP contribution in [0.3, 0.4) is 0 Å². The number of carbonyl (C=O) groups is 1. The molecular weight excluding hydrogens is 194 g/mol. The van der Waals surface area contributed by atoms with Crippen LogP contribution in [-0.2, 0) is 13.6 Å². The summed E-state index contributed by atoms with van der Waals surface area (Å²) in [6.07, 6.45) is 3.85. The van der Waals surface area contributed by atoms with E-state index in [4.69, 9.17) is 5.11 Å². The van der Waals surface area contributed by atoms with Crippen molar-refractivity contribution in [2.24, 2.45) is 7.05 Å². The Bertz CT molecular complexity index is 382. The quantitative estimate of drug-likeness (QED) is 0.793. The zero-order chi connectivity index (χ0) is 11.0. The van der Waals surface area contributed by atoms with Crippen LogP contribution in [0.1, 0.15) is 28.9 Å². The molecule has 0 saturated heterocycles. The lowest BCUT2D eigenvalue weighted by molar-refractivity contribution is 0.0694. The maximum Gasteiger partial charge on any atom is 0.339 e. The smallest absolute Gasteiger partial charge is 0.339 e. The summed E-state index contributed by atoms with van der Waals surface area (Å²) in [5.41, 5.74) is 1.09. The first-order valence-electron chi connectivity index (χ1n) is 5.04. The lowest BCUT2D eigenvalue weighted by Gasteiger charge is -2.16. The number of hydrogen-bond acceptors (Lipinski definition) is 3. The predicted octanol–water partition coefficient (Wildman–Crippen LogP) is 0.712. The fraction of sp³-hybridized carbons (Fsp3) is 0.600. The Kier molecular flexibility index (Phi) is 2.48. The zero-order valence-corrected chi connectivity index (χ0v) is 8.97. The van der Waals surface area contributed by atoms with Gasteiger partial charge in [0.05, 0.1) is 11.9 Å². The van der Waals surface area contributed by atoms with Crippen molar-refractivity contribution in [2.45, 2.75) is 25.4 Å². The number of hydrogen-bond donors (Lipinski definition) is 1. The second kappa shape index (κ2) is 3.66. The van der Waals surface area contributed by atoms with Crippen molar-refractivity contribution < 1.29 is 9.90 Å². The Balaban J connectivity index is 2.17. The average molecular weight is 209 g/mol. The van der Waals surface area contributed by atoms with Crippen LogP contribution >= 0.6 is 0 Å². The Morgan fingerprint density at radius 3 is 2.93 bits per heavy atom. The van der Waals surface area contributed by atoms with Crippen molar-refractivity contribution in [1.29, 1.82) is 0 Å². The van der Waals surface area contributed by atoms with Gasteiger partial charge in [-0.3, -0.25) is 9.58 Å². The molecule has 0 spiro atoms. The molecule has 15 heavy (non-hydrogen) atoms. The molecule has 0 aromatic carbocycles. The maximum atomic E-state index is 10.9. The number of aromatic carboxylic acids is 1. The van der Waals surface area contributed by atoms with Gasteiger partial charge >= 0.3 is 5.97 Å². The van der Waals surface area contributed by atoms with E-state index in [1.807, 2.05) is 7.05 Å². The first-order chi connectivity index (χ1) is 7.09. The van der Waals surface area contributed by atoms with Crippen LogP contribution < -0.4 is 0 Å². The Morgan fingerprint density at radius 1 is 1.73 bits per heavy atom. The molecule has 1 aromatic heterocycles. The molecule has 1 aliphatic carbocycles. The highest BCUT2D eigenvalue weighted by atomic mass is 16.4. The van der Waals surface area contributed by atoms with Crippen LogP contribution in [0.5, 0.6) is 0 Å². The van der Waals surface area contributed by atoms with Gasteiger partial charge in [0.15, 0.2) is 0 Å². The van der Waals surface area contributed by atoms with Gasteiger partial charge in [0.1, 0.15) is 5.56 Å². The first kappa shape index (κ1) is 10.2. The molecule has 82 valence electrons. The summed E-state index contributed by atoms with van der Waals surface area (Å²) in [4.78, 5) is 13.1. The average Bonchev–Trinajstić information content (AvgIpc) is 2.94. The van der Waals surface area contributed by atoms with E-state index in [1.54, 1.807) is 11.7 Å². The van der Waals surface area contributed by atoms with Crippen molar-refractivity contribution >= 4 is 5.97 Å². The van der Waals surface area contributed by atoms with Crippen LogP contribution in [-0.4, -0.2) is 38.8 Å². The van der Waals surface area contributed by atoms with Gasteiger partial charge in [0.25, 0.3) is 0 Å². The SMILES string of the molecule is CN(Cc1c(C(=O)O)cnn1C)C1CC1. The van der Waals surface area contributed by atoms with Crippen LogP contribution in [0.25, 0.3) is 0 Å². The highest BCUT2D eigenvalue weighted by Gasteiger charge is 2.27. The van der Waals surface area contributed by atoms with Crippen LogP contribution in [0.4, 0.5) is 0 Å². The van der Waals surface area contributed by atoms with Gasteiger partial charge < -0.3 is 5.11 Å². The highest BCUT2D eigenvalue weighted by Crippen LogP contribution is 2.27. The molecule has 0 aliphatic heterocycles. The number of carboxylic acids is 1. The Labute approximate surface area is 88.3 Å². The molecule has 1 N–H and O–H groups in total. The molecule has 0 bridgehead atoms. The van der Waals surface area contributed by atoms with Gasteiger partial charge in [-0.1, -0.05) is 0 Å². The summed E-state index contributed by atoms with van der Waals surface area (Å²) < 4.78 is 1.64. The molecular formula is C10H15N3O2. The maximum absolute atomic E-state index is 10.9. The third-order valence-corrected chi connectivity index (χ3v) is 2.86. The topological polar surface area (TPSA) is 58.4 Å². The number of nitrogens with zero attached hydrogens (tertiary/aromatic N) is 3. The van der Waals surface area contributed by atoms with E-state index in [0.29, 0.717) is 18.2 Å². The molecule has 1 fully saturated rings. The van der Waals surface area contributed by atoms with Gasteiger partial charge in [-0.25, -0.2) is 4.79 Å². The summed E-state index contributed by atoms with van der Waals surface area (Å²) in [5.74, 6) is -0.901. The standard InChI is InChI=1S/C10H15N3O2/c1-12(7-3-4-7)6-9-8(10(14)15)5-11-13(9)2/h5,7H,3-4,6H2,1-2H3,(H,14,15). The minimum Gasteiger partial charge on any atom is -0.478 e. The molecule has 1 saturated carbocycles. The summed E-state index contributed by atoms with van der Waals surface area (Å²) in [6, 6.07) is 0.626. The minimum atomic E-state index is -0.901.